The number of rotatable bonds is 4. The summed E-state index contributed by atoms with van der Waals surface area (Å²) in [7, 11) is 0. The number of fused-ring (bicyclic) bond motifs is 1. The highest BCUT2D eigenvalue weighted by Gasteiger charge is 2.39. The summed E-state index contributed by atoms with van der Waals surface area (Å²) >= 11 is 7.42. The Kier molecular flexibility index (Phi) is 4.12. The molecule has 1 aliphatic heterocycles. The van der Waals surface area contributed by atoms with E-state index in [1.165, 1.54) is 11.3 Å². The summed E-state index contributed by atoms with van der Waals surface area (Å²) in [6, 6.07) is 13.8. The van der Waals surface area contributed by atoms with Crippen molar-refractivity contribution in [2.45, 2.75) is 12.5 Å². The summed E-state index contributed by atoms with van der Waals surface area (Å²) in [5.74, 6) is -0.586. The number of anilines is 2. The second kappa shape index (κ2) is 6.44. The van der Waals surface area contributed by atoms with Crippen LogP contribution >= 0.6 is 22.9 Å². The molecule has 0 radical (unpaired) electrons. The molecule has 1 atom stereocenters. The van der Waals surface area contributed by atoms with Crippen molar-refractivity contribution in [3.05, 3.63) is 53.6 Å². The van der Waals surface area contributed by atoms with Crippen molar-refractivity contribution in [1.29, 1.82) is 0 Å². The first-order valence-electron chi connectivity index (χ1n) is 7.61. The molecule has 3 aromatic rings. The number of imide groups is 1. The van der Waals surface area contributed by atoms with Gasteiger partial charge in [0, 0.05) is 5.02 Å². The summed E-state index contributed by atoms with van der Waals surface area (Å²) in [4.78, 5) is 30.4. The van der Waals surface area contributed by atoms with Gasteiger partial charge in [-0.05, 0) is 30.3 Å². The summed E-state index contributed by atoms with van der Waals surface area (Å²) in [6.45, 7) is 0. The van der Waals surface area contributed by atoms with Gasteiger partial charge in [-0.15, -0.1) is 0 Å². The second-order valence-corrected chi connectivity index (χ2v) is 7.03. The van der Waals surface area contributed by atoms with Gasteiger partial charge in [-0.3, -0.25) is 15.0 Å². The highest BCUT2D eigenvalue weighted by Crippen LogP contribution is 2.27. The fraction of sp³-hybridized carbons (Fsp3) is 0.118. The lowest BCUT2D eigenvalue weighted by Crippen LogP contribution is -2.41. The van der Waals surface area contributed by atoms with Crippen molar-refractivity contribution in [3.63, 3.8) is 0 Å². The molecule has 2 heterocycles. The predicted octanol–water partition coefficient (Wildman–Crippen LogP) is 3.20. The van der Waals surface area contributed by atoms with E-state index < -0.39 is 6.04 Å². The Morgan fingerprint density at radius 2 is 2.00 bits per heavy atom. The smallest absolute Gasteiger partial charge is 0.253 e. The van der Waals surface area contributed by atoms with E-state index in [4.69, 9.17) is 11.6 Å². The fourth-order valence-electron chi connectivity index (χ4n) is 2.71. The quantitative estimate of drug-likeness (QED) is 0.543. The van der Waals surface area contributed by atoms with Crippen LogP contribution in [0, 0.1) is 0 Å². The van der Waals surface area contributed by atoms with E-state index in [2.05, 4.69) is 15.8 Å². The van der Waals surface area contributed by atoms with Gasteiger partial charge in [-0.25, -0.2) is 15.3 Å². The molecule has 0 spiro atoms. The number of hydrogen-bond acceptors (Lipinski definition) is 6. The Balaban J connectivity index is 1.48. The minimum atomic E-state index is -0.654. The largest absolute Gasteiger partial charge is 0.296 e. The molecule has 1 fully saturated rings. The average molecular weight is 373 g/mol. The van der Waals surface area contributed by atoms with Crippen molar-refractivity contribution < 1.29 is 9.59 Å². The SMILES string of the molecule is O=C1CC(NNc2nc3ccccc3s2)C(=O)N1c1cccc(Cl)c1. The zero-order chi connectivity index (χ0) is 17.4. The standard InChI is InChI=1S/C17H13ClN4O2S/c18-10-4-3-5-11(8-10)22-15(23)9-13(16(22)24)20-21-17-19-12-6-1-2-7-14(12)25-17/h1-8,13,20H,9H2,(H,19,21). The molecule has 0 saturated carbocycles. The van der Waals surface area contributed by atoms with Crippen LogP contribution in [-0.4, -0.2) is 22.8 Å². The number of aromatic nitrogens is 1. The van der Waals surface area contributed by atoms with Crippen molar-refractivity contribution in [1.82, 2.24) is 10.4 Å². The molecule has 1 saturated heterocycles. The Bertz CT molecular complexity index is 941. The van der Waals surface area contributed by atoms with Crippen LogP contribution in [0.4, 0.5) is 10.8 Å². The van der Waals surface area contributed by atoms with Crippen LogP contribution in [0.5, 0.6) is 0 Å². The number of amides is 2. The van der Waals surface area contributed by atoms with Gasteiger partial charge in [0.15, 0.2) is 5.13 Å². The Morgan fingerprint density at radius 3 is 2.80 bits per heavy atom. The Hall–Kier alpha value is -2.48. The summed E-state index contributed by atoms with van der Waals surface area (Å²) in [6.07, 6.45) is 0.0727. The van der Waals surface area contributed by atoms with Gasteiger partial charge in [-0.2, -0.15) is 0 Å². The van der Waals surface area contributed by atoms with Crippen molar-refractivity contribution in [2.24, 2.45) is 0 Å². The van der Waals surface area contributed by atoms with E-state index in [0.29, 0.717) is 15.8 Å². The molecule has 2 amide bonds. The first kappa shape index (κ1) is 16.0. The monoisotopic (exact) mass is 372 g/mol. The fourth-order valence-corrected chi connectivity index (χ4v) is 3.72. The number of thiazole rings is 1. The number of hydrogen-bond donors (Lipinski definition) is 2. The number of para-hydroxylation sites is 1. The molecule has 6 nitrogen and oxygen atoms in total. The molecule has 0 aliphatic carbocycles. The third-order valence-corrected chi connectivity index (χ3v) is 5.05. The topological polar surface area (TPSA) is 74.3 Å². The summed E-state index contributed by atoms with van der Waals surface area (Å²) < 4.78 is 1.04. The van der Waals surface area contributed by atoms with Crippen LogP contribution in [0.2, 0.25) is 5.02 Å². The molecule has 126 valence electrons. The molecule has 1 aliphatic rings. The summed E-state index contributed by atoms with van der Waals surface area (Å²) in [5.41, 5.74) is 7.21. The van der Waals surface area contributed by atoms with E-state index in [1.807, 2.05) is 24.3 Å². The number of benzene rings is 2. The van der Waals surface area contributed by atoms with Crippen LogP contribution in [0.25, 0.3) is 10.2 Å². The predicted molar refractivity (Wildman–Crippen MR) is 98.7 cm³/mol. The molecule has 2 aromatic carbocycles. The zero-order valence-corrected chi connectivity index (χ0v) is 14.5. The molecular weight excluding hydrogens is 360 g/mol. The number of carbonyl (C=O) groups is 2. The van der Waals surface area contributed by atoms with Gasteiger partial charge in [-0.1, -0.05) is 41.1 Å². The van der Waals surface area contributed by atoms with Crippen molar-refractivity contribution in [3.8, 4) is 0 Å². The zero-order valence-electron chi connectivity index (χ0n) is 12.9. The number of carbonyl (C=O) groups excluding carboxylic acids is 2. The van der Waals surface area contributed by atoms with E-state index >= 15 is 0 Å². The van der Waals surface area contributed by atoms with Crippen LogP contribution in [0.15, 0.2) is 48.5 Å². The van der Waals surface area contributed by atoms with Crippen LogP contribution in [0.1, 0.15) is 6.42 Å². The lowest BCUT2D eigenvalue weighted by atomic mass is 10.2. The number of nitrogens with one attached hydrogen (secondary N) is 2. The van der Waals surface area contributed by atoms with Crippen LogP contribution < -0.4 is 15.8 Å². The maximum Gasteiger partial charge on any atom is 0.253 e. The molecule has 8 heteroatoms. The number of nitrogens with zero attached hydrogens (tertiary/aromatic N) is 2. The Morgan fingerprint density at radius 1 is 1.16 bits per heavy atom. The maximum atomic E-state index is 12.6. The first-order valence-corrected chi connectivity index (χ1v) is 8.81. The highest BCUT2D eigenvalue weighted by molar-refractivity contribution is 7.22. The molecule has 4 rings (SSSR count). The third-order valence-electron chi connectivity index (χ3n) is 3.86. The number of halogens is 1. The molecule has 1 unspecified atom stereocenters. The lowest BCUT2D eigenvalue weighted by Gasteiger charge is -2.15. The number of hydrazine groups is 1. The van der Waals surface area contributed by atoms with Crippen LogP contribution in [-0.2, 0) is 9.59 Å². The lowest BCUT2D eigenvalue weighted by molar-refractivity contribution is -0.121. The minimum Gasteiger partial charge on any atom is -0.296 e. The molecular formula is C17H13ClN4O2S. The highest BCUT2D eigenvalue weighted by atomic mass is 35.5. The minimum absolute atomic E-state index is 0.0727. The van der Waals surface area contributed by atoms with Gasteiger partial charge >= 0.3 is 0 Å². The van der Waals surface area contributed by atoms with Crippen molar-refractivity contribution in [2.75, 3.05) is 10.3 Å². The molecule has 0 bridgehead atoms. The van der Waals surface area contributed by atoms with E-state index in [9.17, 15) is 9.59 Å². The van der Waals surface area contributed by atoms with Crippen molar-refractivity contribution >= 4 is 55.8 Å². The summed E-state index contributed by atoms with van der Waals surface area (Å²) in [5, 5.41) is 1.12. The van der Waals surface area contributed by atoms with Crippen LogP contribution in [0.3, 0.4) is 0 Å². The van der Waals surface area contributed by atoms with Gasteiger partial charge in [0.1, 0.15) is 6.04 Å². The van der Waals surface area contributed by atoms with E-state index in [1.54, 1.807) is 24.3 Å². The normalized spacial score (nSPS) is 17.5. The van der Waals surface area contributed by atoms with Gasteiger partial charge in [0.25, 0.3) is 5.91 Å². The van der Waals surface area contributed by atoms with Gasteiger partial charge < -0.3 is 0 Å². The maximum absolute atomic E-state index is 12.6. The van der Waals surface area contributed by atoms with E-state index in [0.717, 1.165) is 15.1 Å². The van der Waals surface area contributed by atoms with E-state index in [-0.39, 0.29) is 18.2 Å². The van der Waals surface area contributed by atoms with Gasteiger partial charge in [0.05, 0.1) is 22.3 Å². The molecule has 1 aromatic heterocycles. The van der Waals surface area contributed by atoms with Gasteiger partial charge in [0.2, 0.25) is 5.91 Å². The molecule has 2 N–H and O–H groups in total. The first-order chi connectivity index (χ1) is 12.1. The molecule has 25 heavy (non-hydrogen) atoms. The average Bonchev–Trinajstić information content (AvgIpc) is 3.13. The third kappa shape index (κ3) is 3.09. The second-order valence-electron chi connectivity index (χ2n) is 5.56. The Labute approximate surface area is 152 Å².